The van der Waals surface area contributed by atoms with Crippen molar-refractivity contribution in [1.29, 1.82) is 0 Å². The number of anilines is 1. The fraction of sp³-hybridized carbons (Fsp3) is 0.192. The third-order valence-corrected chi connectivity index (χ3v) is 6.42. The zero-order valence-corrected chi connectivity index (χ0v) is 18.8. The zero-order chi connectivity index (χ0) is 22.6. The third-order valence-electron chi connectivity index (χ3n) is 5.54. The zero-order valence-electron chi connectivity index (χ0n) is 18.0. The molecule has 2 amide bonds. The van der Waals surface area contributed by atoms with Gasteiger partial charge in [0, 0.05) is 24.3 Å². The molecule has 5 rings (SSSR count). The highest BCUT2D eigenvalue weighted by Gasteiger charge is 2.29. The molecule has 2 aromatic carbocycles. The second-order valence-corrected chi connectivity index (χ2v) is 9.15. The molecule has 2 heterocycles. The normalized spacial score (nSPS) is 13.0. The first-order valence-electron chi connectivity index (χ1n) is 11.0. The molecular formula is C26H24N4O2S. The number of thiophene rings is 1. The molecule has 33 heavy (non-hydrogen) atoms. The minimum Gasteiger partial charge on any atom is -0.348 e. The topological polar surface area (TPSA) is 76.0 Å². The number of hydrogen-bond donors (Lipinski definition) is 2. The van der Waals surface area contributed by atoms with Gasteiger partial charge in [0.25, 0.3) is 5.91 Å². The van der Waals surface area contributed by atoms with Crippen LogP contribution >= 0.6 is 11.3 Å². The minimum absolute atomic E-state index is 0.0719. The lowest BCUT2D eigenvalue weighted by Gasteiger charge is -2.08. The first kappa shape index (κ1) is 21.2. The van der Waals surface area contributed by atoms with Crippen LogP contribution in [0.3, 0.4) is 0 Å². The lowest BCUT2D eigenvalue weighted by Crippen LogP contribution is -2.23. The van der Waals surface area contributed by atoms with Crippen molar-refractivity contribution in [3.05, 3.63) is 95.0 Å². The molecule has 2 aromatic heterocycles. The number of hydrogen-bond acceptors (Lipinski definition) is 4. The van der Waals surface area contributed by atoms with E-state index in [1.165, 1.54) is 0 Å². The number of rotatable bonds is 8. The van der Waals surface area contributed by atoms with Crippen LogP contribution in [0.4, 0.5) is 5.69 Å². The Bertz CT molecular complexity index is 1260. The van der Waals surface area contributed by atoms with E-state index >= 15 is 0 Å². The first-order chi connectivity index (χ1) is 16.2. The van der Waals surface area contributed by atoms with Gasteiger partial charge in [-0.15, -0.1) is 11.3 Å². The summed E-state index contributed by atoms with van der Waals surface area (Å²) in [5.41, 5.74) is 4.03. The largest absolute Gasteiger partial charge is 0.348 e. The molecule has 4 aromatic rings. The number of nitrogens with one attached hydrogen (secondary N) is 2. The Morgan fingerprint density at radius 3 is 2.58 bits per heavy atom. The Labute approximate surface area is 196 Å². The second-order valence-electron chi connectivity index (χ2n) is 8.20. The number of nitrogens with zero attached hydrogens (tertiary/aromatic N) is 2. The molecule has 0 aliphatic heterocycles. The molecular weight excluding hydrogens is 432 g/mol. The van der Waals surface area contributed by atoms with E-state index in [4.69, 9.17) is 5.10 Å². The van der Waals surface area contributed by atoms with E-state index in [9.17, 15) is 9.59 Å². The van der Waals surface area contributed by atoms with Crippen molar-refractivity contribution in [2.45, 2.75) is 25.9 Å². The number of aromatic nitrogens is 2. The molecule has 0 spiro atoms. The van der Waals surface area contributed by atoms with Gasteiger partial charge in [-0.2, -0.15) is 5.10 Å². The van der Waals surface area contributed by atoms with Gasteiger partial charge in [0.15, 0.2) is 0 Å². The molecule has 1 fully saturated rings. The SMILES string of the molecule is O=C(NCc1cccc(NC(=O)C2CC2)c1)c1cn(Cc2ccccc2)nc1-c1cccs1. The van der Waals surface area contributed by atoms with E-state index in [1.807, 2.05) is 83.0 Å². The van der Waals surface area contributed by atoms with Crippen LogP contribution in [0.25, 0.3) is 10.6 Å². The predicted octanol–water partition coefficient (Wildman–Crippen LogP) is 4.94. The van der Waals surface area contributed by atoms with Crippen molar-refractivity contribution >= 4 is 28.8 Å². The van der Waals surface area contributed by atoms with E-state index in [1.54, 1.807) is 11.3 Å². The summed E-state index contributed by atoms with van der Waals surface area (Å²) in [5, 5.41) is 12.7. The maximum atomic E-state index is 13.1. The average molecular weight is 457 g/mol. The standard InChI is InChI=1S/C26H24N4O2S/c31-25(20-11-12-20)28-21-9-4-8-19(14-21)15-27-26(32)22-17-30(16-18-6-2-1-3-7-18)29-24(22)23-10-5-13-33-23/h1-10,13-14,17,20H,11-12,15-16H2,(H,27,32)(H,28,31). The Morgan fingerprint density at radius 2 is 1.82 bits per heavy atom. The molecule has 1 saturated carbocycles. The smallest absolute Gasteiger partial charge is 0.255 e. The summed E-state index contributed by atoms with van der Waals surface area (Å²) < 4.78 is 1.81. The first-order valence-corrected chi connectivity index (χ1v) is 11.9. The molecule has 0 atom stereocenters. The van der Waals surface area contributed by atoms with Crippen molar-refractivity contribution in [3.8, 4) is 10.6 Å². The number of carbonyl (C=O) groups is 2. The van der Waals surface area contributed by atoms with Gasteiger partial charge >= 0.3 is 0 Å². The van der Waals surface area contributed by atoms with Gasteiger partial charge in [-0.1, -0.05) is 48.5 Å². The molecule has 6 nitrogen and oxygen atoms in total. The van der Waals surface area contributed by atoms with Crippen LogP contribution in [0.15, 0.2) is 78.3 Å². The van der Waals surface area contributed by atoms with Crippen LogP contribution in [-0.4, -0.2) is 21.6 Å². The van der Waals surface area contributed by atoms with E-state index < -0.39 is 0 Å². The van der Waals surface area contributed by atoms with Crippen LogP contribution in [0.2, 0.25) is 0 Å². The van der Waals surface area contributed by atoms with Crippen LogP contribution in [0.1, 0.15) is 34.3 Å². The summed E-state index contributed by atoms with van der Waals surface area (Å²) in [5.74, 6) is 0.0455. The summed E-state index contributed by atoms with van der Waals surface area (Å²) in [6, 6.07) is 21.6. The Hall–Kier alpha value is -3.71. The molecule has 0 unspecified atom stereocenters. The highest BCUT2D eigenvalue weighted by atomic mass is 32.1. The minimum atomic E-state index is -0.176. The van der Waals surface area contributed by atoms with Gasteiger partial charge in [0.1, 0.15) is 5.69 Å². The van der Waals surface area contributed by atoms with Crippen molar-refractivity contribution in [3.63, 3.8) is 0 Å². The highest BCUT2D eigenvalue weighted by molar-refractivity contribution is 7.13. The van der Waals surface area contributed by atoms with Gasteiger partial charge < -0.3 is 10.6 Å². The monoisotopic (exact) mass is 456 g/mol. The van der Waals surface area contributed by atoms with Gasteiger partial charge in [0.05, 0.1) is 17.0 Å². The maximum absolute atomic E-state index is 13.1. The van der Waals surface area contributed by atoms with Gasteiger partial charge in [0.2, 0.25) is 5.91 Å². The maximum Gasteiger partial charge on any atom is 0.255 e. The third kappa shape index (κ3) is 5.21. The highest BCUT2D eigenvalue weighted by Crippen LogP contribution is 2.30. The Balaban J connectivity index is 1.31. The fourth-order valence-corrected chi connectivity index (χ4v) is 4.38. The van der Waals surface area contributed by atoms with Gasteiger partial charge in [-0.25, -0.2) is 0 Å². The molecule has 1 aliphatic carbocycles. The molecule has 166 valence electrons. The second kappa shape index (κ2) is 9.42. The molecule has 0 radical (unpaired) electrons. The van der Waals surface area contributed by atoms with Gasteiger partial charge in [-0.05, 0) is 47.5 Å². The quantitative estimate of drug-likeness (QED) is 0.394. The lowest BCUT2D eigenvalue weighted by atomic mass is 10.1. The summed E-state index contributed by atoms with van der Waals surface area (Å²) in [6.07, 6.45) is 3.74. The van der Waals surface area contributed by atoms with Crippen molar-refractivity contribution < 1.29 is 9.59 Å². The molecule has 7 heteroatoms. The van der Waals surface area contributed by atoms with Crippen molar-refractivity contribution in [1.82, 2.24) is 15.1 Å². The van der Waals surface area contributed by atoms with Crippen LogP contribution in [0, 0.1) is 5.92 Å². The predicted molar refractivity (Wildman–Crippen MR) is 130 cm³/mol. The van der Waals surface area contributed by atoms with Crippen LogP contribution in [-0.2, 0) is 17.9 Å². The van der Waals surface area contributed by atoms with E-state index in [2.05, 4.69) is 10.6 Å². The lowest BCUT2D eigenvalue weighted by molar-refractivity contribution is -0.117. The van der Waals surface area contributed by atoms with Crippen LogP contribution < -0.4 is 10.6 Å². The van der Waals surface area contributed by atoms with Gasteiger partial charge in [-0.3, -0.25) is 14.3 Å². The molecule has 0 saturated heterocycles. The van der Waals surface area contributed by atoms with Crippen molar-refractivity contribution in [2.75, 3.05) is 5.32 Å². The summed E-state index contributed by atoms with van der Waals surface area (Å²) in [6.45, 7) is 0.953. The molecule has 2 N–H and O–H groups in total. The Kier molecular flexibility index (Phi) is 6.04. The molecule has 1 aliphatic rings. The molecule has 0 bridgehead atoms. The van der Waals surface area contributed by atoms with E-state index in [-0.39, 0.29) is 17.7 Å². The fourth-order valence-electron chi connectivity index (χ4n) is 3.66. The van der Waals surface area contributed by atoms with Crippen LogP contribution in [0.5, 0.6) is 0 Å². The van der Waals surface area contributed by atoms with E-state index in [0.29, 0.717) is 24.3 Å². The summed E-state index contributed by atoms with van der Waals surface area (Å²) >= 11 is 1.56. The average Bonchev–Trinajstić information content (AvgIpc) is 3.38. The van der Waals surface area contributed by atoms with Crippen molar-refractivity contribution in [2.24, 2.45) is 5.92 Å². The summed E-state index contributed by atoms with van der Waals surface area (Å²) in [4.78, 5) is 26.1. The Morgan fingerprint density at radius 1 is 1.00 bits per heavy atom. The number of benzene rings is 2. The van der Waals surface area contributed by atoms with E-state index in [0.717, 1.165) is 34.5 Å². The summed E-state index contributed by atoms with van der Waals surface area (Å²) in [7, 11) is 0. The number of carbonyl (C=O) groups excluding carboxylic acids is 2. The number of amides is 2.